The number of unbranched alkanes of at least 4 members (excludes halogenated alkanes) is 1. The summed E-state index contributed by atoms with van der Waals surface area (Å²) in [5.74, 6) is -0.418. The molecule has 0 atom stereocenters. The van der Waals surface area contributed by atoms with Crippen LogP contribution >= 0.6 is 0 Å². The van der Waals surface area contributed by atoms with Crippen molar-refractivity contribution in [2.45, 2.75) is 17.7 Å². The minimum atomic E-state index is -3.70. The molecule has 2 rings (SSSR count). The topological polar surface area (TPSA) is 116 Å². The van der Waals surface area contributed by atoms with E-state index in [4.69, 9.17) is 4.74 Å². The number of sulfone groups is 1. The van der Waals surface area contributed by atoms with Crippen LogP contribution in [0.5, 0.6) is 5.75 Å². The Labute approximate surface area is 161 Å². The van der Waals surface area contributed by atoms with Gasteiger partial charge in [-0.25, -0.2) is 12.8 Å². The first-order valence-electron chi connectivity index (χ1n) is 8.33. The Balaban J connectivity index is 1.86. The highest BCUT2D eigenvalue weighted by Crippen LogP contribution is 2.21. The number of carbonyl (C=O) groups is 1. The van der Waals surface area contributed by atoms with E-state index in [0.717, 1.165) is 24.5 Å². The number of hydrogen-bond donors (Lipinski definition) is 1. The van der Waals surface area contributed by atoms with E-state index in [1.165, 1.54) is 24.3 Å². The zero-order valence-electron chi connectivity index (χ0n) is 15.1. The van der Waals surface area contributed by atoms with Crippen LogP contribution in [-0.2, 0) is 9.84 Å². The van der Waals surface area contributed by atoms with Gasteiger partial charge in [0.25, 0.3) is 11.6 Å². The van der Waals surface area contributed by atoms with Crippen LogP contribution in [0.4, 0.5) is 10.1 Å². The van der Waals surface area contributed by atoms with Gasteiger partial charge in [-0.3, -0.25) is 14.9 Å². The van der Waals surface area contributed by atoms with Crippen LogP contribution in [-0.4, -0.2) is 38.7 Å². The molecule has 0 heterocycles. The molecule has 28 heavy (non-hydrogen) atoms. The third kappa shape index (κ3) is 6.31. The Morgan fingerprint density at radius 3 is 2.46 bits per heavy atom. The van der Waals surface area contributed by atoms with Crippen molar-refractivity contribution in [1.82, 2.24) is 5.32 Å². The van der Waals surface area contributed by atoms with Gasteiger partial charge in [-0.05, 0) is 43.2 Å². The van der Waals surface area contributed by atoms with E-state index in [9.17, 15) is 27.7 Å². The van der Waals surface area contributed by atoms with Gasteiger partial charge in [0.15, 0.2) is 9.84 Å². The number of halogens is 1. The Hall–Kier alpha value is -3.01. The van der Waals surface area contributed by atoms with Crippen LogP contribution in [0.3, 0.4) is 0 Å². The summed E-state index contributed by atoms with van der Waals surface area (Å²) in [6, 6.07) is 8.66. The molecule has 8 nitrogen and oxygen atoms in total. The summed E-state index contributed by atoms with van der Waals surface area (Å²) in [7, 11) is -3.70. The van der Waals surface area contributed by atoms with Crippen molar-refractivity contribution < 1.29 is 27.3 Å². The number of rotatable bonds is 9. The summed E-state index contributed by atoms with van der Waals surface area (Å²) < 4.78 is 41.5. The first-order chi connectivity index (χ1) is 13.2. The van der Waals surface area contributed by atoms with Gasteiger partial charge in [0.1, 0.15) is 11.6 Å². The first kappa shape index (κ1) is 21.3. The SMILES string of the molecule is CS(=O)(=O)c1cc(C(=O)NCCCCOc2ccc(F)cc2)cc([N+](=O)[O-])c1. The van der Waals surface area contributed by atoms with Crippen LogP contribution in [0, 0.1) is 15.9 Å². The molecule has 0 saturated heterocycles. The number of ether oxygens (including phenoxy) is 1. The van der Waals surface area contributed by atoms with Gasteiger partial charge in [0.05, 0.1) is 16.4 Å². The lowest BCUT2D eigenvalue weighted by molar-refractivity contribution is -0.385. The largest absolute Gasteiger partial charge is 0.494 e. The average Bonchev–Trinajstić information content (AvgIpc) is 2.64. The maximum absolute atomic E-state index is 12.8. The minimum Gasteiger partial charge on any atom is -0.494 e. The predicted octanol–water partition coefficient (Wildman–Crippen LogP) is 2.73. The van der Waals surface area contributed by atoms with Crippen molar-refractivity contribution in [3.63, 3.8) is 0 Å². The van der Waals surface area contributed by atoms with Crippen molar-refractivity contribution in [3.05, 3.63) is 64.0 Å². The Morgan fingerprint density at radius 2 is 1.86 bits per heavy atom. The van der Waals surface area contributed by atoms with Gasteiger partial charge < -0.3 is 10.1 Å². The number of amides is 1. The quantitative estimate of drug-likeness (QED) is 0.386. The number of nitro groups is 1. The molecule has 0 saturated carbocycles. The smallest absolute Gasteiger partial charge is 0.271 e. The van der Waals surface area contributed by atoms with Gasteiger partial charge >= 0.3 is 0 Å². The van der Waals surface area contributed by atoms with E-state index >= 15 is 0 Å². The molecule has 1 N–H and O–H groups in total. The van der Waals surface area contributed by atoms with Gasteiger partial charge in [0.2, 0.25) is 0 Å². The number of carbonyl (C=O) groups excluding carboxylic acids is 1. The molecule has 0 aliphatic heterocycles. The molecule has 0 fully saturated rings. The summed E-state index contributed by atoms with van der Waals surface area (Å²) in [6.45, 7) is 0.652. The van der Waals surface area contributed by atoms with Crippen LogP contribution in [0.15, 0.2) is 47.4 Å². The highest BCUT2D eigenvalue weighted by atomic mass is 32.2. The second-order valence-corrected chi connectivity index (χ2v) is 8.03. The van der Waals surface area contributed by atoms with E-state index in [1.807, 2.05) is 0 Å². The minimum absolute atomic E-state index is 0.0998. The maximum atomic E-state index is 12.8. The van der Waals surface area contributed by atoms with Crippen molar-refractivity contribution in [2.75, 3.05) is 19.4 Å². The lowest BCUT2D eigenvalue weighted by atomic mass is 10.2. The van der Waals surface area contributed by atoms with E-state index in [1.54, 1.807) is 0 Å². The van der Waals surface area contributed by atoms with Crippen LogP contribution in [0.1, 0.15) is 23.2 Å². The fourth-order valence-electron chi connectivity index (χ4n) is 2.29. The van der Waals surface area contributed by atoms with E-state index in [2.05, 4.69) is 5.32 Å². The summed E-state index contributed by atoms with van der Waals surface area (Å²) in [5.41, 5.74) is -0.571. The highest BCUT2D eigenvalue weighted by molar-refractivity contribution is 7.90. The Bertz CT molecular complexity index is 961. The van der Waals surface area contributed by atoms with Gasteiger partial charge in [-0.2, -0.15) is 0 Å². The summed E-state index contributed by atoms with van der Waals surface area (Å²) in [4.78, 5) is 22.1. The third-order valence-corrected chi connectivity index (χ3v) is 4.82. The van der Waals surface area contributed by atoms with E-state index in [0.29, 0.717) is 25.2 Å². The highest BCUT2D eigenvalue weighted by Gasteiger charge is 2.18. The van der Waals surface area contributed by atoms with Gasteiger partial charge in [-0.1, -0.05) is 0 Å². The molecule has 0 aromatic heterocycles. The molecular formula is C18H19FN2O6S. The lowest BCUT2D eigenvalue weighted by Crippen LogP contribution is -2.25. The fourth-order valence-corrected chi connectivity index (χ4v) is 2.96. The maximum Gasteiger partial charge on any atom is 0.271 e. The van der Waals surface area contributed by atoms with E-state index in [-0.39, 0.29) is 22.8 Å². The summed E-state index contributed by atoms with van der Waals surface area (Å²) >= 11 is 0. The number of benzene rings is 2. The first-order valence-corrected chi connectivity index (χ1v) is 10.2. The molecule has 0 bridgehead atoms. The molecule has 0 aliphatic rings. The number of nitro benzene ring substituents is 1. The monoisotopic (exact) mass is 410 g/mol. The number of non-ortho nitro benzene ring substituents is 1. The third-order valence-electron chi connectivity index (χ3n) is 3.73. The Morgan fingerprint density at radius 1 is 1.18 bits per heavy atom. The standard InChI is InChI=1S/C18H19FN2O6S/c1-28(25,26)17-11-13(10-15(12-17)21(23)24)18(22)20-8-2-3-9-27-16-6-4-14(19)5-7-16/h4-7,10-12H,2-3,8-9H2,1H3,(H,20,22). The molecule has 10 heteroatoms. The Kier molecular flexibility index (Phi) is 7.05. The number of nitrogens with zero attached hydrogens (tertiary/aromatic N) is 1. The average molecular weight is 410 g/mol. The molecule has 2 aromatic carbocycles. The zero-order chi connectivity index (χ0) is 20.7. The second kappa shape index (κ2) is 9.27. The van der Waals surface area contributed by atoms with Gasteiger partial charge in [0, 0.05) is 30.5 Å². The fraction of sp³-hybridized carbons (Fsp3) is 0.278. The molecule has 0 unspecified atom stereocenters. The molecule has 150 valence electrons. The molecule has 0 spiro atoms. The number of nitrogens with one attached hydrogen (secondary N) is 1. The molecule has 1 amide bonds. The normalized spacial score (nSPS) is 11.1. The van der Waals surface area contributed by atoms with E-state index < -0.39 is 26.4 Å². The molecular weight excluding hydrogens is 391 g/mol. The molecule has 0 aliphatic carbocycles. The van der Waals surface area contributed by atoms with Gasteiger partial charge in [-0.15, -0.1) is 0 Å². The second-order valence-electron chi connectivity index (χ2n) is 6.01. The molecule has 2 aromatic rings. The number of hydrogen-bond acceptors (Lipinski definition) is 6. The van der Waals surface area contributed by atoms with Crippen LogP contribution in [0.25, 0.3) is 0 Å². The van der Waals surface area contributed by atoms with Crippen molar-refractivity contribution in [2.24, 2.45) is 0 Å². The zero-order valence-corrected chi connectivity index (χ0v) is 15.9. The predicted molar refractivity (Wildman–Crippen MR) is 99.7 cm³/mol. The summed E-state index contributed by atoms with van der Waals surface area (Å²) in [6.07, 6.45) is 2.09. The van der Waals surface area contributed by atoms with Crippen LogP contribution in [0.2, 0.25) is 0 Å². The van der Waals surface area contributed by atoms with Crippen LogP contribution < -0.4 is 10.1 Å². The van der Waals surface area contributed by atoms with Crippen molar-refractivity contribution in [3.8, 4) is 5.75 Å². The van der Waals surface area contributed by atoms with Crippen molar-refractivity contribution >= 4 is 21.4 Å². The molecule has 0 radical (unpaired) electrons. The summed E-state index contributed by atoms with van der Waals surface area (Å²) in [5, 5.41) is 13.6. The van der Waals surface area contributed by atoms with Crippen molar-refractivity contribution in [1.29, 1.82) is 0 Å². The lowest BCUT2D eigenvalue weighted by Gasteiger charge is -2.08.